The van der Waals surface area contributed by atoms with Crippen molar-refractivity contribution in [1.29, 1.82) is 10.5 Å². The molecule has 2 aromatic carbocycles. The normalized spacial score (nSPS) is 11.9. The number of rotatable bonds is 4. The summed E-state index contributed by atoms with van der Waals surface area (Å²) in [6.45, 7) is 4.01. The summed E-state index contributed by atoms with van der Waals surface area (Å²) < 4.78 is 41.2. The smallest absolute Gasteiger partial charge is 0.359 e. The van der Waals surface area contributed by atoms with Crippen LogP contribution in [-0.2, 0) is 12.7 Å². The lowest BCUT2D eigenvalue weighted by atomic mass is 10.0. The molecular weight excluding hydrogens is 377 g/mol. The number of allylic oxidation sites excluding steroid dienone is 2. The average molecular weight is 394 g/mol. The van der Waals surface area contributed by atoms with E-state index in [0.717, 1.165) is 23.4 Å². The highest BCUT2D eigenvalue weighted by Gasteiger charge is 2.31. The van der Waals surface area contributed by atoms with Gasteiger partial charge in [-0.2, -0.15) is 23.7 Å². The van der Waals surface area contributed by atoms with Crippen molar-refractivity contribution >= 4 is 16.6 Å². The van der Waals surface area contributed by atoms with Crippen LogP contribution in [-0.4, -0.2) is 4.57 Å². The van der Waals surface area contributed by atoms with Crippen LogP contribution in [0.2, 0.25) is 0 Å². The molecule has 0 saturated heterocycles. The van der Waals surface area contributed by atoms with Crippen molar-refractivity contribution in [1.82, 2.24) is 4.57 Å². The number of fused-ring (bicyclic) bond motifs is 1. The molecule has 4 nitrogen and oxygen atoms in total. The minimum atomic E-state index is -4.45. The van der Waals surface area contributed by atoms with Crippen LogP contribution in [0.1, 0.15) is 25.0 Å². The number of hydrogen-bond donors (Lipinski definition) is 1. The van der Waals surface area contributed by atoms with Crippen LogP contribution >= 0.6 is 0 Å². The number of benzene rings is 2. The molecule has 7 heteroatoms. The number of hydrogen-bond acceptors (Lipinski definition) is 3. The van der Waals surface area contributed by atoms with Crippen LogP contribution in [0.3, 0.4) is 0 Å². The molecule has 0 aliphatic heterocycles. The molecule has 1 aromatic heterocycles. The van der Waals surface area contributed by atoms with E-state index in [1.807, 2.05) is 13.0 Å². The third kappa shape index (κ3) is 3.81. The van der Waals surface area contributed by atoms with Crippen molar-refractivity contribution in [2.45, 2.75) is 26.6 Å². The van der Waals surface area contributed by atoms with Gasteiger partial charge in [-0.3, -0.25) is 0 Å². The van der Waals surface area contributed by atoms with Gasteiger partial charge in [0.15, 0.2) is 0 Å². The highest BCUT2D eigenvalue weighted by molar-refractivity contribution is 5.95. The number of aryl methyl sites for hydroxylation is 1. The zero-order valence-electron chi connectivity index (χ0n) is 15.8. The highest BCUT2D eigenvalue weighted by Crippen LogP contribution is 2.37. The number of halogens is 3. The van der Waals surface area contributed by atoms with E-state index in [-0.39, 0.29) is 0 Å². The van der Waals surface area contributed by atoms with Crippen molar-refractivity contribution in [2.75, 3.05) is 5.32 Å². The van der Waals surface area contributed by atoms with Gasteiger partial charge in [0.1, 0.15) is 6.07 Å². The molecule has 0 fully saturated rings. The largest absolute Gasteiger partial charge is 0.416 e. The number of aromatic nitrogens is 1. The van der Waals surface area contributed by atoms with Gasteiger partial charge >= 0.3 is 6.18 Å². The summed E-state index contributed by atoms with van der Waals surface area (Å²) in [6.07, 6.45) is -3.07. The Morgan fingerprint density at radius 2 is 1.83 bits per heavy atom. The van der Waals surface area contributed by atoms with Crippen LogP contribution < -0.4 is 5.32 Å². The Hall–Kier alpha value is -3.71. The molecule has 3 rings (SSSR count). The van der Waals surface area contributed by atoms with Crippen molar-refractivity contribution < 1.29 is 13.2 Å². The number of nitrogens with zero attached hydrogens (tertiary/aromatic N) is 3. The Kier molecular flexibility index (Phi) is 5.34. The minimum absolute atomic E-state index is 0.344. The van der Waals surface area contributed by atoms with Gasteiger partial charge in [-0.1, -0.05) is 18.2 Å². The highest BCUT2D eigenvalue weighted by atomic mass is 19.4. The second kappa shape index (κ2) is 7.73. The predicted octanol–water partition coefficient (Wildman–Crippen LogP) is 6.06. The Morgan fingerprint density at radius 3 is 2.38 bits per heavy atom. The fraction of sp³-hybridized carbons (Fsp3) is 0.182. The first-order valence-electron chi connectivity index (χ1n) is 8.87. The minimum Gasteiger partial charge on any atom is -0.359 e. The molecule has 0 saturated carbocycles. The molecule has 29 heavy (non-hydrogen) atoms. The monoisotopic (exact) mass is 394 g/mol. The lowest BCUT2D eigenvalue weighted by Gasteiger charge is -2.11. The topological polar surface area (TPSA) is 64.5 Å². The predicted molar refractivity (Wildman–Crippen MR) is 106 cm³/mol. The summed E-state index contributed by atoms with van der Waals surface area (Å²) in [5.41, 5.74) is 2.73. The van der Waals surface area contributed by atoms with Gasteiger partial charge in [-0.15, -0.1) is 0 Å². The molecule has 0 atom stereocenters. The lowest BCUT2D eigenvalue weighted by molar-refractivity contribution is -0.137. The van der Waals surface area contributed by atoms with Crippen LogP contribution in [0.4, 0.5) is 18.9 Å². The van der Waals surface area contributed by atoms with Gasteiger partial charge in [-0.25, -0.2) is 0 Å². The first-order chi connectivity index (χ1) is 13.8. The van der Waals surface area contributed by atoms with Crippen molar-refractivity contribution in [3.63, 3.8) is 0 Å². The standard InChI is InChI=1S/C22H17F3N4/c1-3-29-20-12-16(22(23,24)25)6-9-18(20)19(13-27)21(29)15-4-7-17(8-5-15)28-14(2)10-11-26/h4-10,12,28H,3H2,1-2H3/b14-10+. The zero-order chi connectivity index (χ0) is 21.2. The molecule has 0 radical (unpaired) electrons. The molecule has 0 bridgehead atoms. The van der Waals surface area contributed by atoms with E-state index < -0.39 is 11.7 Å². The molecule has 0 aliphatic carbocycles. The van der Waals surface area contributed by atoms with Gasteiger partial charge in [-0.05, 0) is 43.7 Å². The van der Waals surface area contributed by atoms with Crippen molar-refractivity contribution in [3.8, 4) is 23.4 Å². The third-order valence-corrected chi connectivity index (χ3v) is 4.60. The van der Waals surface area contributed by atoms with Gasteiger partial charge < -0.3 is 9.88 Å². The number of anilines is 1. The second-order valence-corrected chi connectivity index (χ2v) is 6.47. The summed E-state index contributed by atoms with van der Waals surface area (Å²) in [6, 6.07) is 14.7. The molecule has 146 valence electrons. The fourth-order valence-electron chi connectivity index (χ4n) is 3.34. The summed E-state index contributed by atoms with van der Waals surface area (Å²) in [5.74, 6) is 0. The van der Waals surface area contributed by atoms with E-state index in [1.165, 1.54) is 12.1 Å². The van der Waals surface area contributed by atoms with Crippen LogP contribution in [0.5, 0.6) is 0 Å². The Bertz CT molecular complexity index is 1170. The number of nitrogens with one attached hydrogen (secondary N) is 1. The van der Waals surface area contributed by atoms with Crippen LogP contribution in [0.25, 0.3) is 22.2 Å². The molecule has 0 spiro atoms. The zero-order valence-corrected chi connectivity index (χ0v) is 15.8. The SMILES string of the molecule is CCn1c(-c2ccc(N/C(C)=C/C#N)cc2)c(C#N)c2ccc(C(F)(F)F)cc21. The van der Waals surface area contributed by atoms with Gasteiger partial charge in [0.25, 0.3) is 0 Å². The van der Waals surface area contributed by atoms with E-state index in [4.69, 9.17) is 5.26 Å². The summed E-state index contributed by atoms with van der Waals surface area (Å²) in [7, 11) is 0. The number of nitriles is 2. The maximum Gasteiger partial charge on any atom is 0.416 e. The molecule has 3 aromatic rings. The summed E-state index contributed by atoms with van der Waals surface area (Å²) >= 11 is 0. The third-order valence-electron chi connectivity index (χ3n) is 4.60. The molecule has 0 aliphatic rings. The van der Waals surface area contributed by atoms with E-state index in [0.29, 0.717) is 34.4 Å². The fourth-order valence-corrected chi connectivity index (χ4v) is 3.34. The quantitative estimate of drug-likeness (QED) is 0.547. The van der Waals surface area contributed by atoms with Gasteiger partial charge in [0, 0.05) is 29.4 Å². The van der Waals surface area contributed by atoms with E-state index in [1.54, 1.807) is 35.8 Å². The molecule has 0 unspecified atom stereocenters. The van der Waals surface area contributed by atoms with Gasteiger partial charge in [0.2, 0.25) is 0 Å². The maximum atomic E-state index is 13.2. The lowest BCUT2D eigenvalue weighted by Crippen LogP contribution is -2.05. The number of alkyl halides is 3. The van der Waals surface area contributed by atoms with Gasteiger partial charge in [0.05, 0.1) is 28.4 Å². The van der Waals surface area contributed by atoms with Crippen molar-refractivity contribution in [3.05, 3.63) is 65.4 Å². The molecule has 1 N–H and O–H groups in total. The molecule has 0 amide bonds. The summed E-state index contributed by atoms with van der Waals surface area (Å²) in [4.78, 5) is 0. The van der Waals surface area contributed by atoms with Crippen LogP contribution in [0.15, 0.2) is 54.2 Å². The van der Waals surface area contributed by atoms with E-state index in [9.17, 15) is 18.4 Å². The summed E-state index contributed by atoms with van der Waals surface area (Å²) in [5, 5.41) is 22.0. The van der Waals surface area contributed by atoms with Crippen molar-refractivity contribution in [2.24, 2.45) is 0 Å². The second-order valence-electron chi connectivity index (χ2n) is 6.47. The van der Waals surface area contributed by atoms with E-state index in [2.05, 4.69) is 11.4 Å². The Labute approximate surface area is 166 Å². The maximum absolute atomic E-state index is 13.2. The molecular formula is C22H17F3N4. The van der Waals surface area contributed by atoms with Crippen LogP contribution in [0, 0.1) is 22.7 Å². The first kappa shape index (κ1) is 20.0. The van der Waals surface area contributed by atoms with E-state index >= 15 is 0 Å². The first-order valence-corrected chi connectivity index (χ1v) is 8.87. The Morgan fingerprint density at radius 1 is 1.14 bits per heavy atom. The Balaban J connectivity index is 2.15. The molecule has 1 heterocycles. The average Bonchev–Trinajstić information content (AvgIpc) is 3.00.